The van der Waals surface area contributed by atoms with Gasteiger partial charge in [-0.3, -0.25) is 0 Å². The number of nitrogens with one attached hydrogen (secondary N) is 1. The topological polar surface area (TPSA) is 121 Å². The first-order chi connectivity index (χ1) is 15.2. The maximum absolute atomic E-state index is 5.96. The van der Waals surface area contributed by atoms with E-state index >= 15 is 0 Å². The molecular weight excluding hydrogens is 390 g/mol. The number of nitrogen functional groups attached to an aromatic ring is 1. The van der Waals surface area contributed by atoms with Crippen LogP contribution in [0.5, 0.6) is 5.75 Å². The molecule has 0 unspecified atom stereocenters. The van der Waals surface area contributed by atoms with Crippen LogP contribution in [0, 0.1) is 0 Å². The van der Waals surface area contributed by atoms with E-state index < -0.39 is 0 Å². The quantitative estimate of drug-likeness (QED) is 0.418. The molecule has 8 heteroatoms. The van der Waals surface area contributed by atoms with Crippen molar-refractivity contribution in [2.75, 3.05) is 12.3 Å². The fourth-order valence-electron chi connectivity index (χ4n) is 4.34. The number of nitrogens with zero attached hydrogens (tertiary/aromatic N) is 4. The van der Waals surface area contributed by atoms with Crippen LogP contribution in [0.3, 0.4) is 0 Å². The Morgan fingerprint density at radius 2 is 2.00 bits per heavy atom. The van der Waals surface area contributed by atoms with E-state index in [2.05, 4.69) is 56.3 Å². The summed E-state index contributed by atoms with van der Waals surface area (Å²) in [6, 6.07) is 12.9. The van der Waals surface area contributed by atoms with Crippen molar-refractivity contribution in [2.45, 2.75) is 19.5 Å². The average Bonchev–Trinajstić information content (AvgIpc) is 3.51. The number of ether oxygens (including phenoxy) is 1. The Bertz CT molecular complexity index is 1450. The van der Waals surface area contributed by atoms with Gasteiger partial charge in [0.05, 0.1) is 25.0 Å². The van der Waals surface area contributed by atoms with E-state index in [1.165, 1.54) is 17.5 Å². The molecule has 0 radical (unpaired) electrons. The Balaban J connectivity index is 1.50. The first-order valence-corrected chi connectivity index (χ1v) is 10.2. The average molecular weight is 411 g/mol. The molecule has 154 valence electrons. The number of aromatic nitrogens is 5. The first-order valence-electron chi connectivity index (χ1n) is 10.2. The molecule has 0 spiro atoms. The minimum absolute atomic E-state index is 0.383. The van der Waals surface area contributed by atoms with Gasteiger partial charge in [0.1, 0.15) is 17.6 Å². The molecule has 2 aromatic carbocycles. The Labute approximate surface area is 177 Å². The lowest BCUT2D eigenvalue weighted by Crippen LogP contribution is -2.02. The molecule has 0 bridgehead atoms. The first kappa shape index (κ1) is 17.9. The van der Waals surface area contributed by atoms with Crippen LogP contribution in [0.2, 0.25) is 0 Å². The van der Waals surface area contributed by atoms with E-state index in [9.17, 15) is 0 Å². The van der Waals surface area contributed by atoms with Crippen molar-refractivity contribution in [1.82, 2.24) is 24.5 Å². The Morgan fingerprint density at radius 1 is 1.06 bits per heavy atom. The Morgan fingerprint density at radius 3 is 2.90 bits per heavy atom. The second-order valence-corrected chi connectivity index (χ2v) is 7.82. The summed E-state index contributed by atoms with van der Waals surface area (Å²) in [5.41, 5.74) is 20.0. The summed E-state index contributed by atoms with van der Waals surface area (Å²) in [6.45, 7) is 1.80. The van der Waals surface area contributed by atoms with Crippen LogP contribution < -0.4 is 16.2 Å². The lowest BCUT2D eigenvalue weighted by Gasteiger charge is -2.11. The van der Waals surface area contributed by atoms with Crippen LogP contribution >= 0.6 is 0 Å². The summed E-state index contributed by atoms with van der Waals surface area (Å²) in [6.07, 6.45) is 4.17. The Kier molecular flexibility index (Phi) is 3.94. The van der Waals surface area contributed by atoms with E-state index in [1.54, 1.807) is 6.33 Å². The summed E-state index contributed by atoms with van der Waals surface area (Å²) in [4.78, 5) is 16.3. The molecule has 3 aromatic heterocycles. The molecule has 0 saturated carbocycles. The number of hydrogen-bond donors (Lipinski definition) is 3. The normalized spacial score (nSPS) is 13.1. The highest BCUT2D eigenvalue weighted by Gasteiger charge is 2.16. The van der Waals surface area contributed by atoms with Crippen molar-refractivity contribution in [3.05, 3.63) is 65.9 Å². The highest BCUT2D eigenvalue weighted by molar-refractivity contribution is 5.89. The number of fused-ring (bicyclic) bond motifs is 3. The molecule has 5 aromatic rings. The van der Waals surface area contributed by atoms with Crippen molar-refractivity contribution < 1.29 is 4.74 Å². The zero-order valence-electron chi connectivity index (χ0n) is 16.8. The van der Waals surface area contributed by atoms with Crippen molar-refractivity contribution in [1.29, 1.82) is 0 Å². The number of aromatic amines is 1. The van der Waals surface area contributed by atoms with Crippen molar-refractivity contribution >= 4 is 27.9 Å². The van der Waals surface area contributed by atoms with E-state index in [0.29, 0.717) is 30.1 Å². The van der Waals surface area contributed by atoms with Gasteiger partial charge in [-0.15, -0.1) is 0 Å². The van der Waals surface area contributed by atoms with Gasteiger partial charge in [-0.25, -0.2) is 15.0 Å². The summed E-state index contributed by atoms with van der Waals surface area (Å²) in [5.74, 6) is 1.37. The van der Waals surface area contributed by atoms with Gasteiger partial charge < -0.3 is 25.8 Å². The third kappa shape index (κ3) is 2.91. The van der Waals surface area contributed by atoms with Gasteiger partial charge in [0, 0.05) is 24.0 Å². The molecule has 0 fully saturated rings. The fraction of sp³-hybridized carbons (Fsp3) is 0.174. The zero-order valence-corrected chi connectivity index (χ0v) is 16.8. The summed E-state index contributed by atoms with van der Waals surface area (Å²) >= 11 is 0. The lowest BCUT2D eigenvalue weighted by molar-refractivity contribution is 0.357. The molecule has 0 amide bonds. The van der Waals surface area contributed by atoms with Crippen LogP contribution in [0.15, 0.2) is 49.1 Å². The number of anilines is 1. The van der Waals surface area contributed by atoms with E-state index in [-0.39, 0.29) is 0 Å². The summed E-state index contributed by atoms with van der Waals surface area (Å²) in [5, 5.41) is 1.13. The number of rotatable bonds is 4. The highest BCUT2D eigenvalue weighted by Crippen LogP contribution is 2.34. The van der Waals surface area contributed by atoms with Gasteiger partial charge in [-0.1, -0.05) is 6.07 Å². The summed E-state index contributed by atoms with van der Waals surface area (Å²) < 4.78 is 7.66. The van der Waals surface area contributed by atoms with Gasteiger partial charge in [-0.2, -0.15) is 0 Å². The second-order valence-electron chi connectivity index (χ2n) is 7.82. The monoisotopic (exact) mass is 411 g/mol. The molecule has 4 heterocycles. The molecule has 31 heavy (non-hydrogen) atoms. The molecule has 0 aliphatic carbocycles. The third-order valence-electron chi connectivity index (χ3n) is 5.88. The van der Waals surface area contributed by atoms with Gasteiger partial charge in [0.15, 0.2) is 11.5 Å². The number of imidazole rings is 1. The van der Waals surface area contributed by atoms with Crippen LogP contribution in [-0.4, -0.2) is 31.1 Å². The zero-order chi connectivity index (χ0) is 20.9. The molecule has 1 aliphatic rings. The number of nitrogens with two attached hydrogens (primary N) is 2. The highest BCUT2D eigenvalue weighted by atomic mass is 16.5. The smallest absolute Gasteiger partial charge is 0.165 e. The minimum atomic E-state index is 0.383. The molecule has 5 N–H and O–H groups in total. The number of hydrogen-bond acceptors (Lipinski definition) is 6. The van der Waals surface area contributed by atoms with Gasteiger partial charge in [-0.05, 0) is 52.6 Å². The standard InChI is InChI=1S/C23H21N7O/c24-9-18-8-16-6-15(13-1-2-19-14(5-13)3-4-31-19)7-17(20(16)29-18)10-30-12-28-21-22(25)26-11-27-23(21)30/h1-2,5-8,11-12,29H,3-4,9-10,24H2,(H2,25,26,27). The molecule has 1 aliphatic heterocycles. The van der Waals surface area contributed by atoms with E-state index in [4.69, 9.17) is 16.2 Å². The predicted molar refractivity (Wildman–Crippen MR) is 120 cm³/mol. The third-order valence-corrected chi connectivity index (χ3v) is 5.88. The molecule has 6 rings (SSSR count). The van der Waals surface area contributed by atoms with Crippen molar-refractivity contribution in [2.24, 2.45) is 5.73 Å². The molecule has 0 saturated heterocycles. The van der Waals surface area contributed by atoms with Crippen LogP contribution in [0.1, 0.15) is 16.8 Å². The summed E-state index contributed by atoms with van der Waals surface area (Å²) in [7, 11) is 0. The van der Waals surface area contributed by atoms with E-state index in [0.717, 1.165) is 46.5 Å². The minimum Gasteiger partial charge on any atom is -0.493 e. The van der Waals surface area contributed by atoms with Crippen molar-refractivity contribution in [3.63, 3.8) is 0 Å². The van der Waals surface area contributed by atoms with Crippen molar-refractivity contribution in [3.8, 4) is 16.9 Å². The van der Waals surface area contributed by atoms with Gasteiger partial charge >= 0.3 is 0 Å². The lowest BCUT2D eigenvalue weighted by atomic mass is 9.98. The van der Waals surface area contributed by atoms with Gasteiger partial charge in [0.2, 0.25) is 0 Å². The molecular formula is C23H21N7O. The number of H-pyrrole nitrogens is 1. The van der Waals surface area contributed by atoms with E-state index in [1.807, 2.05) is 4.57 Å². The SMILES string of the molecule is NCc1cc2cc(-c3ccc4c(c3)CCO4)cc(Cn3cnc4c(N)ncnc43)c2[nH]1. The number of benzene rings is 2. The maximum atomic E-state index is 5.96. The second kappa shape index (κ2) is 6.82. The fourth-order valence-corrected chi connectivity index (χ4v) is 4.34. The van der Waals surface area contributed by atoms with Crippen LogP contribution in [0.25, 0.3) is 33.2 Å². The van der Waals surface area contributed by atoms with Crippen LogP contribution in [-0.2, 0) is 19.5 Å². The Hall–Kier alpha value is -3.91. The van der Waals surface area contributed by atoms with Crippen LogP contribution in [0.4, 0.5) is 5.82 Å². The molecule has 0 atom stereocenters. The maximum Gasteiger partial charge on any atom is 0.165 e. The van der Waals surface area contributed by atoms with Gasteiger partial charge in [0.25, 0.3) is 0 Å². The predicted octanol–water partition coefficient (Wildman–Crippen LogP) is 3.00. The molecule has 8 nitrogen and oxygen atoms in total. The largest absolute Gasteiger partial charge is 0.493 e.